The van der Waals surface area contributed by atoms with E-state index in [-0.39, 0.29) is 11.9 Å². The van der Waals surface area contributed by atoms with E-state index in [2.05, 4.69) is 49.4 Å². The molecule has 1 aromatic carbocycles. The summed E-state index contributed by atoms with van der Waals surface area (Å²) in [5.41, 5.74) is 8.27. The van der Waals surface area contributed by atoms with E-state index in [4.69, 9.17) is 4.98 Å². The Morgan fingerprint density at radius 2 is 1.77 bits per heavy atom. The lowest BCUT2D eigenvalue weighted by Gasteiger charge is -2.20. The third-order valence-electron chi connectivity index (χ3n) is 6.77. The van der Waals surface area contributed by atoms with Crippen molar-refractivity contribution in [3.63, 3.8) is 0 Å². The second kappa shape index (κ2) is 9.21. The number of carbonyl (C=O) groups excluding carboxylic acids is 1. The highest BCUT2D eigenvalue weighted by atomic mass is 16.1. The summed E-state index contributed by atoms with van der Waals surface area (Å²) >= 11 is 0. The monoisotopic (exact) mass is 418 g/mol. The van der Waals surface area contributed by atoms with Crippen molar-refractivity contribution in [3.05, 3.63) is 63.6 Å². The highest BCUT2D eigenvalue weighted by Crippen LogP contribution is 2.23. The van der Waals surface area contributed by atoms with Gasteiger partial charge in [-0.15, -0.1) is 0 Å². The van der Waals surface area contributed by atoms with Gasteiger partial charge < -0.3 is 5.32 Å². The zero-order valence-corrected chi connectivity index (χ0v) is 19.3. The number of amides is 1. The standard InChI is InChI=1S/C26H34N4O/c1-17-12-13-18(2)21(14-17)15-23-19(3)28-25-24(16-27-30(25)20(23)4)26(31)29-22-10-8-6-5-7-9-11-22/h12-14,16,22H,5-11,15H2,1-4H3,(H,29,31). The van der Waals surface area contributed by atoms with Crippen molar-refractivity contribution in [1.29, 1.82) is 0 Å². The minimum atomic E-state index is -0.0471. The van der Waals surface area contributed by atoms with Crippen LogP contribution < -0.4 is 5.32 Å². The van der Waals surface area contributed by atoms with Gasteiger partial charge in [-0.05, 0) is 57.2 Å². The number of rotatable bonds is 4. The van der Waals surface area contributed by atoms with Crippen LogP contribution in [0.4, 0.5) is 0 Å². The Morgan fingerprint density at radius 1 is 1.06 bits per heavy atom. The molecule has 4 rings (SSSR count). The Labute approximate surface area is 185 Å². The summed E-state index contributed by atoms with van der Waals surface area (Å²) in [5.74, 6) is -0.0471. The van der Waals surface area contributed by atoms with Crippen LogP contribution in [0.2, 0.25) is 0 Å². The van der Waals surface area contributed by atoms with Gasteiger partial charge in [-0.1, -0.05) is 55.9 Å². The smallest absolute Gasteiger partial charge is 0.256 e. The van der Waals surface area contributed by atoms with Gasteiger partial charge in [0.15, 0.2) is 5.65 Å². The molecule has 0 bridgehead atoms. The third kappa shape index (κ3) is 4.65. The molecular formula is C26H34N4O. The minimum Gasteiger partial charge on any atom is -0.349 e. The van der Waals surface area contributed by atoms with Crippen LogP contribution in [-0.2, 0) is 6.42 Å². The van der Waals surface area contributed by atoms with Gasteiger partial charge in [-0.3, -0.25) is 4.79 Å². The molecule has 0 spiro atoms. The first kappa shape index (κ1) is 21.5. The fourth-order valence-electron chi connectivity index (χ4n) is 4.77. The molecule has 5 nitrogen and oxygen atoms in total. The molecule has 1 N–H and O–H groups in total. The fourth-order valence-corrected chi connectivity index (χ4v) is 4.77. The summed E-state index contributed by atoms with van der Waals surface area (Å²) in [6.45, 7) is 8.39. The SMILES string of the molecule is Cc1ccc(C)c(Cc2c(C)nc3c(C(=O)NC4CCCCCCC4)cnn3c2C)c1. The molecule has 2 aromatic heterocycles. The first-order valence-electron chi connectivity index (χ1n) is 11.6. The van der Waals surface area contributed by atoms with E-state index in [0.717, 1.165) is 30.7 Å². The zero-order chi connectivity index (χ0) is 22.0. The van der Waals surface area contributed by atoms with Crippen LogP contribution >= 0.6 is 0 Å². The number of carbonyl (C=O) groups is 1. The third-order valence-corrected chi connectivity index (χ3v) is 6.77. The van der Waals surface area contributed by atoms with Crippen molar-refractivity contribution in [2.45, 2.75) is 85.1 Å². The largest absolute Gasteiger partial charge is 0.349 e. The van der Waals surface area contributed by atoms with E-state index >= 15 is 0 Å². The Kier molecular flexibility index (Phi) is 6.40. The summed E-state index contributed by atoms with van der Waals surface area (Å²) in [5, 5.41) is 7.80. The zero-order valence-electron chi connectivity index (χ0n) is 19.3. The highest BCUT2D eigenvalue weighted by molar-refractivity contribution is 5.99. The molecule has 0 radical (unpaired) electrons. The minimum absolute atomic E-state index is 0.0471. The maximum atomic E-state index is 13.1. The van der Waals surface area contributed by atoms with Crippen LogP contribution in [0.5, 0.6) is 0 Å². The summed E-state index contributed by atoms with van der Waals surface area (Å²) in [6.07, 6.45) is 10.9. The Bertz CT molecular complexity index is 1090. The van der Waals surface area contributed by atoms with E-state index in [1.165, 1.54) is 54.4 Å². The molecule has 1 aliphatic carbocycles. The number of hydrogen-bond donors (Lipinski definition) is 1. The quantitative estimate of drug-likeness (QED) is 0.617. The number of hydrogen-bond acceptors (Lipinski definition) is 3. The molecule has 0 saturated heterocycles. The highest BCUT2D eigenvalue weighted by Gasteiger charge is 2.21. The maximum Gasteiger partial charge on any atom is 0.256 e. The van der Waals surface area contributed by atoms with Crippen molar-refractivity contribution in [2.75, 3.05) is 0 Å². The fraction of sp³-hybridized carbons (Fsp3) is 0.500. The van der Waals surface area contributed by atoms with Gasteiger partial charge in [0.05, 0.1) is 6.20 Å². The van der Waals surface area contributed by atoms with Crippen molar-refractivity contribution in [3.8, 4) is 0 Å². The molecule has 5 heteroatoms. The molecule has 1 amide bonds. The van der Waals surface area contributed by atoms with Gasteiger partial charge in [0.25, 0.3) is 5.91 Å². The molecule has 1 aliphatic rings. The number of nitrogens with one attached hydrogen (secondary N) is 1. The summed E-state index contributed by atoms with van der Waals surface area (Å²) in [4.78, 5) is 17.9. The Morgan fingerprint density at radius 3 is 2.52 bits per heavy atom. The van der Waals surface area contributed by atoms with Crippen LogP contribution in [0.3, 0.4) is 0 Å². The van der Waals surface area contributed by atoms with Crippen molar-refractivity contribution in [2.24, 2.45) is 0 Å². The average molecular weight is 419 g/mol. The number of fused-ring (bicyclic) bond motifs is 1. The van der Waals surface area contributed by atoms with E-state index < -0.39 is 0 Å². The van der Waals surface area contributed by atoms with Crippen LogP contribution in [0, 0.1) is 27.7 Å². The molecule has 0 unspecified atom stereocenters. The molecule has 31 heavy (non-hydrogen) atoms. The van der Waals surface area contributed by atoms with Gasteiger partial charge in [-0.25, -0.2) is 9.50 Å². The second-order valence-corrected chi connectivity index (χ2v) is 9.18. The van der Waals surface area contributed by atoms with Gasteiger partial charge in [0.1, 0.15) is 5.56 Å². The van der Waals surface area contributed by atoms with Gasteiger partial charge in [-0.2, -0.15) is 5.10 Å². The topological polar surface area (TPSA) is 59.3 Å². The van der Waals surface area contributed by atoms with Crippen LogP contribution in [-0.4, -0.2) is 26.5 Å². The first-order chi connectivity index (χ1) is 14.9. The number of aromatic nitrogens is 3. The Hall–Kier alpha value is -2.69. The molecular weight excluding hydrogens is 384 g/mol. The Balaban J connectivity index is 1.61. The van der Waals surface area contributed by atoms with Crippen LogP contribution in [0.25, 0.3) is 5.65 Å². The lowest BCUT2D eigenvalue weighted by atomic mass is 9.96. The average Bonchev–Trinajstić information content (AvgIpc) is 3.13. The summed E-state index contributed by atoms with van der Waals surface area (Å²) in [6, 6.07) is 6.82. The predicted octanol–water partition coefficient (Wildman–Crippen LogP) is 5.40. The molecule has 1 fully saturated rings. The number of benzene rings is 1. The molecule has 2 heterocycles. The molecule has 0 atom stereocenters. The molecule has 3 aromatic rings. The van der Waals surface area contributed by atoms with Crippen LogP contribution in [0.1, 0.15) is 88.9 Å². The number of aryl methyl sites for hydroxylation is 4. The normalized spacial score (nSPS) is 15.6. The molecule has 164 valence electrons. The van der Waals surface area contributed by atoms with Crippen molar-refractivity contribution in [1.82, 2.24) is 19.9 Å². The van der Waals surface area contributed by atoms with E-state index in [9.17, 15) is 4.79 Å². The molecule has 0 aliphatic heterocycles. The summed E-state index contributed by atoms with van der Waals surface area (Å²) < 4.78 is 1.83. The predicted molar refractivity (Wildman–Crippen MR) is 125 cm³/mol. The van der Waals surface area contributed by atoms with E-state index in [1.807, 2.05) is 11.4 Å². The van der Waals surface area contributed by atoms with Gasteiger partial charge in [0, 0.05) is 23.9 Å². The lowest BCUT2D eigenvalue weighted by Crippen LogP contribution is -2.35. The molecule has 1 saturated carbocycles. The van der Waals surface area contributed by atoms with Crippen molar-refractivity contribution >= 4 is 11.6 Å². The van der Waals surface area contributed by atoms with Gasteiger partial charge in [0.2, 0.25) is 0 Å². The van der Waals surface area contributed by atoms with E-state index in [0.29, 0.717) is 11.2 Å². The number of nitrogens with zero attached hydrogens (tertiary/aromatic N) is 3. The first-order valence-corrected chi connectivity index (χ1v) is 11.6. The lowest BCUT2D eigenvalue weighted by molar-refractivity contribution is 0.0932. The van der Waals surface area contributed by atoms with Gasteiger partial charge >= 0.3 is 0 Å². The second-order valence-electron chi connectivity index (χ2n) is 9.18. The summed E-state index contributed by atoms with van der Waals surface area (Å²) in [7, 11) is 0. The van der Waals surface area contributed by atoms with E-state index in [1.54, 1.807) is 6.20 Å². The van der Waals surface area contributed by atoms with Crippen molar-refractivity contribution < 1.29 is 4.79 Å². The van der Waals surface area contributed by atoms with Crippen LogP contribution in [0.15, 0.2) is 24.4 Å². The maximum absolute atomic E-state index is 13.1.